The Hall–Kier alpha value is -3.42. The van der Waals surface area contributed by atoms with Crippen LogP contribution in [0.5, 0.6) is 11.5 Å². The molecule has 158 valence electrons. The fraction of sp³-hybridized carbons (Fsp3) is 0.143. The molecule has 2 aromatic carbocycles. The summed E-state index contributed by atoms with van der Waals surface area (Å²) in [5.41, 5.74) is 1.29. The Morgan fingerprint density at radius 1 is 1.29 bits per heavy atom. The van der Waals surface area contributed by atoms with Gasteiger partial charge in [-0.05, 0) is 47.7 Å². The van der Waals surface area contributed by atoms with E-state index in [4.69, 9.17) is 9.47 Å². The number of benzene rings is 2. The molecule has 3 rings (SSSR count). The van der Waals surface area contributed by atoms with Gasteiger partial charge in [0.2, 0.25) is 10.3 Å². The Kier molecular flexibility index (Phi) is 7.59. The van der Waals surface area contributed by atoms with Crippen LogP contribution in [0.15, 0.2) is 53.2 Å². The number of nitriles is 1. The Balaban J connectivity index is 1.73. The number of carbonyl (C=O) groups excluding carboxylic acids is 1. The third kappa shape index (κ3) is 6.04. The number of rotatable bonds is 8. The van der Waals surface area contributed by atoms with Crippen LogP contribution >= 0.6 is 23.3 Å². The van der Waals surface area contributed by atoms with Gasteiger partial charge in [0.1, 0.15) is 24.1 Å². The molecule has 0 bridgehead atoms. The monoisotopic (exact) mass is 456 g/mol. The number of anilines is 1. The predicted octanol–water partition coefficient (Wildman–Crippen LogP) is 4.53. The Labute approximate surface area is 186 Å². The number of nitrogens with one attached hydrogen (secondary N) is 1. The van der Waals surface area contributed by atoms with E-state index in [0.29, 0.717) is 27.4 Å². The van der Waals surface area contributed by atoms with E-state index in [9.17, 15) is 14.4 Å². The smallest absolute Gasteiger partial charge is 0.268 e. The van der Waals surface area contributed by atoms with E-state index in [1.807, 2.05) is 12.3 Å². The highest BCUT2D eigenvalue weighted by molar-refractivity contribution is 7.98. The lowest BCUT2D eigenvalue weighted by atomic mass is 10.1. The lowest BCUT2D eigenvalue weighted by Gasteiger charge is -2.11. The summed E-state index contributed by atoms with van der Waals surface area (Å²) in [7, 11) is 1.49. The first kappa shape index (κ1) is 22.3. The third-order valence-electron chi connectivity index (χ3n) is 3.98. The van der Waals surface area contributed by atoms with Crippen LogP contribution < -0.4 is 14.8 Å². The second kappa shape index (κ2) is 10.6. The van der Waals surface area contributed by atoms with Crippen LogP contribution in [0.2, 0.25) is 0 Å². The number of ether oxygens (including phenoxy) is 2. The maximum atomic E-state index is 13.0. The van der Waals surface area contributed by atoms with Crippen molar-refractivity contribution in [2.45, 2.75) is 11.8 Å². The Morgan fingerprint density at radius 3 is 2.71 bits per heavy atom. The number of carbonyl (C=O) groups is 1. The molecular weight excluding hydrogens is 439 g/mol. The molecule has 0 atom stereocenters. The molecule has 0 aliphatic heterocycles. The number of halogens is 1. The van der Waals surface area contributed by atoms with E-state index in [2.05, 4.69) is 14.7 Å². The molecule has 0 unspecified atom stereocenters. The van der Waals surface area contributed by atoms with Crippen LogP contribution in [0, 0.1) is 17.1 Å². The number of hydrogen-bond acceptors (Lipinski definition) is 8. The van der Waals surface area contributed by atoms with Gasteiger partial charge < -0.3 is 9.47 Å². The van der Waals surface area contributed by atoms with Gasteiger partial charge in [-0.1, -0.05) is 30.0 Å². The lowest BCUT2D eigenvalue weighted by molar-refractivity contribution is -0.112. The number of methoxy groups -OCH3 is 1. The molecule has 0 spiro atoms. The number of amides is 1. The van der Waals surface area contributed by atoms with E-state index < -0.39 is 5.91 Å². The van der Waals surface area contributed by atoms with Crippen molar-refractivity contribution in [3.8, 4) is 17.6 Å². The number of nitrogens with zero attached hydrogens (tertiary/aromatic N) is 3. The van der Waals surface area contributed by atoms with Gasteiger partial charge in [0, 0.05) is 11.5 Å². The average Bonchev–Trinajstić information content (AvgIpc) is 3.24. The van der Waals surface area contributed by atoms with Crippen molar-refractivity contribution < 1.29 is 18.7 Å². The van der Waals surface area contributed by atoms with Gasteiger partial charge in [0.05, 0.1) is 7.11 Å². The van der Waals surface area contributed by atoms with Crippen molar-refractivity contribution in [2.75, 3.05) is 18.7 Å². The average molecular weight is 457 g/mol. The quantitative estimate of drug-likeness (QED) is 0.302. The number of hydrogen-bond donors (Lipinski definition) is 1. The van der Waals surface area contributed by atoms with E-state index in [0.717, 1.165) is 17.1 Å². The second-order valence-corrected chi connectivity index (χ2v) is 7.56. The maximum absolute atomic E-state index is 13.0. The topological polar surface area (TPSA) is 97.1 Å². The molecule has 0 saturated heterocycles. The van der Waals surface area contributed by atoms with Gasteiger partial charge in [-0.25, -0.2) is 4.39 Å². The SMILES string of the molecule is COc1cc(/C=C(/C#N)C(=O)Nc2nc(SC)ns2)ccc1OCc1ccc(F)cc1. The van der Waals surface area contributed by atoms with Gasteiger partial charge in [-0.2, -0.15) is 14.6 Å². The van der Waals surface area contributed by atoms with Gasteiger partial charge in [-0.3, -0.25) is 10.1 Å². The molecule has 7 nitrogen and oxygen atoms in total. The standard InChI is InChI=1S/C21H17FN4O3S2/c1-28-18-10-14(5-8-17(18)29-12-13-3-6-16(22)7-4-13)9-15(11-23)19(27)24-20-25-21(30-2)26-31-20/h3-10H,12H2,1-2H3,(H,24,25,26,27)/b15-9-. The van der Waals surface area contributed by atoms with Crippen LogP contribution in [0.25, 0.3) is 6.08 Å². The van der Waals surface area contributed by atoms with Crippen LogP contribution in [-0.4, -0.2) is 28.6 Å². The van der Waals surface area contributed by atoms with Crippen molar-refractivity contribution in [1.29, 1.82) is 5.26 Å². The minimum Gasteiger partial charge on any atom is -0.493 e. The van der Waals surface area contributed by atoms with Gasteiger partial charge in [-0.15, -0.1) is 0 Å². The molecule has 0 aliphatic carbocycles. The van der Waals surface area contributed by atoms with E-state index in [1.165, 1.54) is 37.1 Å². The largest absolute Gasteiger partial charge is 0.493 e. The summed E-state index contributed by atoms with van der Waals surface area (Å²) < 4.78 is 28.2. The van der Waals surface area contributed by atoms with Gasteiger partial charge >= 0.3 is 0 Å². The lowest BCUT2D eigenvalue weighted by Crippen LogP contribution is -2.13. The molecule has 0 aliphatic rings. The van der Waals surface area contributed by atoms with E-state index >= 15 is 0 Å². The maximum Gasteiger partial charge on any atom is 0.268 e. The zero-order chi connectivity index (χ0) is 22.2. The fourth-order valence-corrected chi connectivity index (χ4v) is 3.58. The predicted molar refractivity (Wildman–Crippen MR) is 118 cm³/mol. The van der Waals surface area contributed by atoms with Crippen LogP contribution in [0.1, 0.15) is 11.1 Å². The molecule has 10 heteroatoms. The van der Waals surface area contributed by atoms with Crippen molar-refractivity contribution in [3.63, 3.8) is 0 Å². The first-order valence-electron chi connectivity index (χ1n) is 8.88. The Morgan fingerprint density at radius 2 is 2.06 bits per heavy atom. The summed E-state index contributed by atoms with van der Waals surface area (Å²) in [5.74, 6) is 0.0141. The first-order chi connectivity index (χ1) is 15.0. The summed E-state index contributed by atoms with van der Waals surface area (Å²) in [6.45, 7) is 0.234. The van der Waals surface area contributed by atoms with Crippen LogP contribution in [0.3, 0.4) is 0 Å². The molecule has 1 N–H and O–H groups in total. The minimum atomic E-state index is -0.582. The summed E-state index contributed by atoms with van der Waals surface area (Å²) >= 11 is 2.40. The zero-order valence-electron chi connectivity index (χ0n) is 16.6. The molecule has 1 heterocycles. The zero-order valence-corrected chi connectivity index (χ0v) is 18.2. The van der Waals surface area contributed by atoms with Crippen molar-refractivity contribution in [1.82, 2.24) is 9.36 Å². The van der Waals surface area contributed by atoms with Crippen LogP contribution in [-0.2, 0) is 11.4 Å². The molecule has 1 amide bonds. The fourth-order valence-electron chi connectivity index (χ4n) is 2.46. The molecule has 0 radical (unpaired) electrons. The van der Waals surface area contributed by atoms with Crippen molar-refractivity contribution in [3.05, 3.63) is 65.0 Å². The highest BCUT2D eigenvalue weighted by Crippen LogP contribution is 2.30. The molecular formula is C21H17FN4O3S2. The highest BCUT2D eigenvalue weighted by atomic mass is 32.2. The summed E-state index contributed by atoms with van der Waals surface area (Å²) in [6, 6.07) is 12.9. The normalized spacial score (nSPS) is 11.0. The molecule has 0 saturated carbocycles. The van der Waals surface area contributed by atoms with Gasteiger partial charge in [0.15, 0.2) is 11.5 Å². The summed E-state index contributed by atoms with van der Waals surface area (Å²) in [6.07, 6.45) is 3.27. The summed E-state index contributed by atoms with van der Waals surface area (Å²) in [4.78, 5) is 16.5. The van der Waals surface area contributed by atoms with Crippen LogP contribution in [0.4, 0.5) is 9.52 Å². The third-order valence-corrected chi connectivity index (χ3v) is 5.28. The molecule has 1 aromatic heterocycles. The molecule has 3 aromatic rings. The molecule has 0 fully saturated rings. The molecule has 31 heavy (non-hydrogen) atoms. The van der Waals surface area contributed by atoms with Crippen molar-refractivity contribution in [2.24, 2.45) is 0 Å². The summed E-state index contributed by atoms with van der Waals surface area (Å²) in [5, 5.41) is 12.8. The highest BCUT2D eigenvalue weighted by Gasteiger charge is 2.13. The van der Waals surface area contributed by atoms with E-state index in [-0.39, 0.29) is 18.0 Å². The minimum absolute atomic E-state index is 0.0945. The van der Waals surface area contributed by atoms with Gasteiger partial charge in [0.25, 0.3) is 5.91 Å². The Bertz CT molecular complexity index is 1140. The second-order valence-electron chi connectivity index (χ2n) is 6.04. The number of thioether (sulfide) groups is 1. The van der Waals surface area contributed by atoms with E-state index in [1.54, 1.807) is 30.3 Å². The van der Waals surface area contributed by atoms with Crippen molar-refractivity contribution >= 4 is 40.4 Å². The number of aromatic nitrogens is 2. The first-order valence-corrected chi connectivity index (χ1v) is 10.9.